The van der Waals surface area contributed by atoms with Crippen LogP contribution in [0.2, 0.25) is 0 Å². The van der Waals surface area contributed by atoms with Gasteiger partial charge in [-0.3, -0.25) is 0 Å². The molecule has 2 N–H and O–H groups in total. The number of rotatable bonds is 4. The lowest BCUT2D eigenvalue weighted by Crippen LogP contribution is -2.11. The topological polar surface area (TPSA) is 39.2 Å². The summed E-state index contributed by atoms with van der Waals surface area (Å²) >= 11 is 0. The van der Waals surface area contributed by atoms with E-state index in [0.717, 1.165) is 25.0 Å². The molecule has 0 saturated heterocycles. The molecule has 1 aromatic carbocycles. The van der Waals surface area contributed by atoms with Crippen LogP contribution >= 0.6 is 0 Å². The number of hydrogen-bond donors (Lipinski definition) is 1. The molecule has 1 unspecified atom stereocenters. The maximum absolute atomic E-state index is 5.60. The smallest absolute Gasteiger partial charge is 0.134 e. The number of fused-ring (bicyclic) bond motifs is 1. The second kappa shape index (κ2) is 4.49. The first-order valence-corrected chi connectivity index (χ1v) is 5.46. The molecule has 0 saturated carbocycles. The summed E-state index contributed by atoms with van der Waals surface area (Å²) in [6.45, 7) is 2.94. The molecule has 0 spiro atoms. The van der Waals surface area contributed by atoms with Crippen LogP contribution in [0.3, 0.4) is 0 Å². The molecule has 0 aliphatic heterocycles. The van der Waals surface area contributed by atoms with Gasteiger partial charge >= 0.3 is 0 Å². The lowest BCUT2D eigenvalue weighted by atomic mass is 10.0. The predicted octanol–water partition coefficient (Wildman–Crippen LogP) is 2.96. The van der Waals surface area contributed by atoms with E-state index in [-0.39, 0.29) is 0 Å². The summed E-state index contributed by atoms with van der Waals surface area (Å²) in [5.41, 5.74) is 7.88. The van der Waals surface area contributed by atoms with E-state index >= 15 is 0 Å². The van der Waals surface area contributed by atoms with Crippen LogP contribution in [0.1, 0.15) is 18.9 Å². The first kappa shape index (κ1) is 10.2. The number of para-hydroxylation sites is 1. The fourth-order valence-corrected chi connectivity index (χ4v) is 1.75. The Hall–Kier alpha value is -1.28. The first-order chi connectivity index (χ1) is 7.31. The Labute approximate surface area is 90.1 Å². The van der Waals surface area contributed by atoms with Gasteiger partial charge in [0.05, 0.1) is 6.26 Å². The zero-order valence-corrected chi connectivity index (χ0v) is 9.07. The zero-order valence-electron chi connectivity index (χ0n) is 9.07. The van der Waals surface area contributed by atoms with Crippen molar-refractivity contribution < 1.29 is 4.42 Å². The first-order valence-electron chi connectivity index (χ1n) is 5.46. The van der Waals surface area contributed by atoms with Gasteiger partial charge in [0.2, 0.25) is 0 Å². The Bertz CT molecular complexity index is 433. The van der Waals surface area contributed by atoms with Crippen molar-refractivity contribution in [2.45, 2.75) is 19.8 Å². The van der Waals surface area contributed by atoms with Crippen LogP contribution in [0.25, 0.3) is 11.0 Å². The molecule has 1 heterocycles. The summed E-state index contributed by atoms with van der Waals surface area (Å²) in [4.78, 5) is 0. The van der Waals surface area contributed by atoms with Gasteiger partial charge in [-0.25, -0.2) is 0 Å². The number of aryl methyl sites for hydroxylation is 1. The maximum Gasteiger partial charge on any atom is 0.134 e. The van der Waals surface area contributed by atoms with Crippen molar-refractivity contribution in [2.75, 3.05) is 6.54 Å². The SMILES string of the molecule is CC(CN)CCc1coc2ccccc12. The van der Waals surface area contributed by atoms with Gasteiger partial charge in [-0.1, -0.05) is 25.1 Å². The standard InChI is InChI=1S/C13H17NO/c1-10(8-14)6-7-11-9-15-13-5-3-2-4-12(11)13/h2-5,9-10H,6-8,14H2,1H3. The molecule has 0 bridgehead atoms. The van der Waals surface area contributed by atoms with E-state index in [1.54, 1.807) is 0 Å². The fraction of sp³-hybridized carbons (Fsp3) is 0.385. The summed E-state index contributed by atoms with van der Waals surface area (Å²) < 4.78 is 5.48. The Morgan fingerprint density at radius 2 is 2.13 bits per heavy atom. The molecule has 2 aromatic rings. The van der Waals surface area contributed by atoms with Gasteiger partial charge in [-0.05, 0) is 36.9 Å². The molecular formula is C13H17NO. The minimum atomic E-state index is 0.582. The van der Waals surface area contributed by atoms with Gasteiger partial charge in [0.25, 0.3) is 0 Å². The van der Waals surface area contributed by atoms with Crippen molar-refractivity contribution in [2.24, 2.45) is 11.7 Å². The Kier molecular flexibility index (Phi) is 3.07. The normalized spacial score (nSPS) is 13.2. The monoisotopic (exact) mass is 203 g/mol. The molecule has 80 valence electrons. The summed E-state index contributed by atoms with van der Waals surface area (Å²) in [6, 6.07) is 8.16. The van der Waals surface area contributed by atoms with E-state index in [2.05, 4.69) is 13.0 Å². The van der Waals surface area contributed by atoms with Crippen molar-refractivity contribution >= 4 is 11.0 Å². The maximum atomic E-state index is 5.60. The van der Waals surface area contributed by atoms with Crippen LogP contribution in [-0.4, -0.2) is 6.54 Å². The van der Waals surface area contributed by atoms with Crippen molar-refractivity contribution in [1.29, 1.82) is 0 Å². The average Bonchev–Trinajstić information content (AvgIpc) is 2.69. The molecule has 0 radical (unpaired) electrons. The van der Waals surface area contributed by atoms with Crippen molar-refractivity contribution in [3.8, 4) is 0 Å². The van der Waals surface area contributed by atoms with Crippen LogP contribution in [0, 0.1) is 5.92 Å². The predicted molar refractivity (Wildman–Crippen MR) is 62.8 cm³/mol. The van der Waals surface area contributed by atoms with Gasteiger partial charge < -0.3 is 10.2 Å². The highest BCUT2D eigenvalue weighted by atomic mass is 16.3. The van der Waals surface area contributed by atoms with E-state index in [4.69, 9.17) is 10.2 Å². The molecule has 2 heteroatoms. The van der Waals surface area contributed by atoms with Gasteiger partial charge in [0, 0.05) is 5.39 Å². The number of nitrogens with two attached hydrogens (primary N) is 1. The number of furan rings is 1. The van der Waals surface area contributed by atoms with Gasteiger partial charge in [-0.2, -0.15) is 0 Å². The fourth-order valence-electron chi connectivity index (χ4n) is 1.75. The molecule has 2 rings (SSSR count). The zero-order chi connectivity index (χ0) is 10.7. The molecule has 0 aliphatic carbocycles. The quantitative estimate of drug-likeness (QED) is 0.829. The molecule has 0 amide bonds. The molecular weight excluding hydrogens is 186 g/mol. The summed E-state index contributed by atoms with van der Waals surface area (Å²) in [7, 11) is 0. The van der Waals surface area contributed by atoms with Crippen LogP contribution in [0.5, 0.6) is 0 Å². The molecule has 2 nitrogen and oxygen atoms in total. The van der Waals surface area contributed by atoms with E-state index in [9.17, 15) is 0 Å². The van der Waals surface area contributed by atoms with Crippen LogP contribution in [0.4, 0.5) is 0 Å². The highest BCUT2D eigenvalue weighted by Crippen LogP contribution is 2.22. The number of hydrogen-bond acceptors (Lipinski definition) is 2. The second-order valence-corrected chi connectivity index (χ2v) is 4.14. The average molecular weight is 203 g/mol. The van der Waals surface area contributed by atoms with Gasteiger partial charge in [0.15, 0.2) is 0 Å². The third kappa shape index (κ3) is 2.21. The van der Waals surface area contributed by atoms with E-state index < -0.39 is 0 Å². The van der Waals surface area contributed by atoms with Crippen LogP contribution in [-0.2, 0) is 6.42 Å². The van der Waals surface area contributed by atoms with E-state index in [1.165, 1.54) is 10.9 Å². The van der Waals surface area contributed by atoms with Crippen molar-refractivity contribution in [3.05, 3.63) is 36.1 Å². The second-order valence-electron chi connectivity index (χ2n) is 4.14. The van der Waals surface area contributed by atoms with E-state index in [1.807, 2.05) is 24.5 Å². The third-order valence-corrected chi connectivity index (χ3v) is 2.87. The Balaban J connectivity index is 2.14. The molecule has 0 fully saturated rings. The van der Waals surface area contributed by atoms with E-state index in [0.29, 0.717) is 5.92 Å². The molecule has 15 heavy (non-hydrogen) atoms. The minimum Gasteiger partial charge on any atom is -0.464 e. The third-order valence-electron chi connectivity index (χ3n) is 2.87. The lowest BCUT2D eigenvalue weighted by molar-refractivity contribution is 0.540. The summed E-state index contributed by atoms with van der Waals surface area (Å²) in [5, 5.41) is 1.24. The Morgan fingerprint density at radius 1 is 1.33 bits per heavy atom. The lowest BCUT2D eigenvalue weighted by Gasteiger charge is -2.06. The van der Waals surface area contributed by atoms with Crippen molar-refractivity contribution in [3.63, 3.8) is 0 Å². The highest BCUT2D eigenvalue weighted by molar-refractivity contribution is 5.80. The minimum absolute atomic E-state index is 0.582. The summed E-state index contributed by atoms with van der Waals surface area (Å²) in [6.07, 6.45) is 4.04. The van der Waals surface area contributed by atoms with Crippen molar-refractivity contribution in [1.82, 2.24) is 0 Å². The molecule has 1 aromatic heterocycles. The number of benzene rings is 1. The van der Waals surface area contributed by atoms with Gasteiger partial charge in [-0.15, -0.1) is 0 Å². The van der Waals surface area contributed by atoms with Crippen LogP contribution < -0.4 is 5.73 Å². The highest BCUT2D eigenvalue weighted by Gasteiger charge is 2.06. The summed E-state index contributed by atoms with van der Waals surface area (Å²) in [5.74, 6) is 0.582. The Morgan fingerprint density at radius 3 is 2.93 bits per heavy atom. The largest absolute Gasteiger partial charge is 0.464 e. The molecule has 0 aliphatic rings. The van der Waals surface area contributed by atoms with Gasteiger partial charge in [0.1, 0.15) is 5.58 Å². The van der Waals surface area contributed by atoms with Crippen LogP contribution in [0.15, 0.2) is 34.9 Å². The molecule has 1 atom stereocenters.